The van der Waals surface area contributed by atoms with Gasteiger partial charge in [-0.2, -0.15) is 0 Å². The second kappa shape index (κ2) is 5.64. The molecule has 5 nitrogen and oxygen atoms in total. The number of aryl methyl sites for hydroxylation is 1. The Morgan fingerprint density at radius 3 is 2.89 bits per heavy atom. The standard InChI is InChI=1S/C13H18N4O/c1-17-9-12(15-16-17)8-11(14)6-10-4-3-5-13(7-10)18-2/h3-5,7,9,11H,6,8,14H2,1-2H3. The zero-order valence-corrected chi connectivity index (χ0v) is 10.7. The first-order valence-electron chi connectivity index (χ1n) is 5.91. The molecule has 1 aromatic heterocycles. The van der Waals surface area contributed by atoms with Gasteiger partial charge in [-0.1, -0.05) is 17.3 Å². The van der Waals surface area contributed by atoms with E-state index in [2.05, 4.69) is 16.4 Å². The predicted molar refractivity (Wildman–Crippen MR) is 69.4 cm³/mol. The van der Waals surface area contributed by atoms with Crippen molar-refractivity contribution in [3.05, 3.63) is 41.7 Å². The molecular weight excluding hydrogens is 228 g/mol. The van der Waals surface area contributed by atoms with Gasteiger partial charge < -0.3 is 10.5 Å². The Kier molecular flexibility index (Phi) is 3.94. The molecule has 96 valence electrons. The molecule has 0 radical (unpaired) electrons. The largest absolute Gasteiger partial charge is 0.497 e. The number of nitrogens with two attached hydrogens (primary N) is 1. The lowest BCUT2D eigenvalue weighted by Gasteiger charge is -2.10. The average molecular weight is 246 g/mol. The van der Waals surface area contributed by atoms with E-state index < -0.39 is 0 Å². The molecular formula is C13H18N4O. The van der Waals surface area contributed by atoms with Gasteiger partial charge in [0.2, 0.25) is 0 Å². The summed E-state index contributed by atoms with van der Waals surface area (Å²) in [5.41, 5.74) is 8.22. The van der Waals surface area contributed by atoms with Crippen LogP contribution in [0.15, 0.2) is 30.5 Å². The molecule has 0 fully saturated rings. The zero-order valence-electron chi connectivity index (χ0n) is 10.7. The van der Waals surface area contributed by atoms with Crippen LogP contribution >= 0.6 is 0 Å². The van der Waals surface area contributed by atoms with E-state index >= 15 is 0 Å². The smallest absolute Gasteiger partial charge is 0.119 e. The molecule has 18 heavy (non-hydrogen) atoms. The van der Waals surface area contributed by atoms with E-state index in [-0.39, 0.29) is 6.04 Å². The van der Waals surface area contributed by atoms with Gasteiger partial charge in [0.05, 0.1) is 12.8 Å². The lowest BCUT2D eigenvalue weighted by atomic mass is 10.0. The van der Waals surface area contributed by atoms with Crippen molar-refractivity contribution in [3.8, 4) is 5.75 Å². The van der Waals surface area contributed by atoms with E-state index in [9.17, 15) is 0 Å². The molecule has 1 unspecified atom stereocenters. The lowest BCUT2D eigenvalue weighted by molar-refractivity contribution is 0.414. The molecule has 1 atom stereocenters. The molecule has 2 aromatic rings. The number of nitrogens with zero attached hydrogens (tertiary/aromatic N) is 3. The summed E-state index contributed by atoms with van der Waals surface area (Å²) in [6, 6.07) is 8.00. The van der Waals surface area contributed by atoms with Crippen molar-refractivity contribution in [2.45, 2.75) is 18.9 Å². The first kappa shape index (κ1) is 12.6. The van der Waals surface area contributed by atoms with Crippen molar-refractivity contribution < 1.29 is 4.74 Å². The summed E-state index contributed by atoms with van der Waals surface area (Å²) in [4.78, 5) is 0. The topological polar surface area (TPSA) is 66.0 Å². The van der Waals surface area contributed by atoms with Crippen molar-refractivity contribution in [1.29, 1.82) is 0 Å². The molecule has 0 saturated carbocycles. The highest BCUT2D eigenvalue weighted by Gasteiger charge is 2.08. The Morgan fingerprint density at radius 2 is 2.22 bits per heavy atom. The molecule has 2 N–H and O–H groups in total. The lowest BCUT2D eigenvalue weighted by Crippen LogP contribution is -2.25. The molecule has 1 heterocycles. The third-order valence-electron chi connectivity index (χ3n) is 2.75. The average Bonchev–Trinajstić information content (AvgIpc) is 2.74. The minimum atomic E-state index is 0.0359. The second-order valence-corrected chi connectivity index (χ2v) is 4.40. The van der Waals surface area contributed by atoms with E-state index in [4.69, 9.17) is 10.5 Å². The van der Waals surface area contributed by atoms with Gasteiger partial charge in [0.15, 0.2) is 0 Å². The van der Waals surface area contributed by atoms with Crippen LogP contribution in [0.3, 0.4) is 0 Å². The Balaban J connectivity index is 1.96. The van der Waals surface area contributed by atoms with Gasteiger partial charge in [-0.25, -0.2) is 0 Å². The van der Waals surface area contributed by atoms with Crippen LogP contribution in [0, 0.1) is 0 Å². The number of methoxy groups -OCH3 is 1. The molecule has 5 heteroatoms. The predicted octanol–water partition coefficient (Wildman–Crippen LogP) is 0.936. The fraction of sp³-hybridized carbons (Fsp3) is 0.385. The van der Waals surface area contributed by atoms with Crippen molar-refractivity contribution >= 4 is 0 Å². The van der Waals surface area contributed by atoms with Crippen LogP contribution in [0.25, 0.3) is 0 Å². The van der Waals surface area contributed by atoms with Crippen LogP contribution in [0.1, 0.15) is 11.3 Å². The molecule has 0 saturated heterocycles. The van der Waals surface area contributed by atoms with E-state index in [1.54, 1.807) is 11.8 Å². The minimum Gasteiger partial charge on any atom is -0.497 e. The summed E-state index contributed by atoms with van der Waals surface area (Å²) in [5.74, 6) is 0.860. The van der Waals surface area contributed by atoms with Gasteiger partial charge in [0, 0.05) is 25.7 Å². The maximum Gasteiger partial charge on any atom is 0.119 e. The summed E-state index contributed by atoms with van der Waals surface area (Å²) >= 11 is 0. The monoisotopic (exact) mass is 246 g/mol. The first-order valence-corrected chi connectivity index (χ1v) is 5.91. The maximum absolute atomic E-state index is 6.12. The normalized spacial score (nSPS) is 12.4. The minimum absolute atomic E-state index is 0.0359. The Hall–Kier alpha value is -1.88. The molecule has 0 bridgehead atoms. The van der Waals surface area contributed by atoms with Gasteiger partial charge in [-0.15, -0.1) is 5.10 Å². The molecule has 0 spiro atoms. The van der Waals surface area contributed by atoms with E-state index in [0.717, 1.165) is 24.3 Å². The maximum atomic E-state index is 6.12. The van der Waals surface area contributed by atoms with Gasteiger partial charge in [0.25, 0.3) is 0 Å². The quantitative estimate of drug-likeness (QED) is 0.852. The number of ether oxygens (including phenoxy) is 1. The molecule has 0 aliphatic carbocycles. The third kappa shape index (κ3) is 3.30. The van der Waals surface area contributed by atoms with Crippen LogP contribution < -0.4 is 10.5 Å². The van der Waals surface area contributed by atoms with E-state index in [1.807, 2.05) is 31.4 Å². The van der Waals surface area contributed by atoms with E-state index in [0.29, 0.717) is 0 Å². The molecule has 0 aliphatic heterocycles. The number of hydrogen-bond acceptors (Lipinski definition) is 4. The van der Waals surface area contributed by atoms with Crippen LogP contribution in [-0.4, -0.2) is 28.1 Å². The van der Waals surface area contributed by atoms with Crippen molar-refractivity contribution in [1.82, 2.24) is 15.0 Å². The van der Waals surface area contributed by atoms with Crippen LogP contribution in [0.5, 0.6) is 5.75 Å². The van der Waals surface area contributed by atoms with Crippen molar-refractivity contribution in [3.63, 3.8) is 0 Å². The molecule has 0 aliphatic rings. The molecule has 0 amide bonds. The second-order valence-electron chi connectivity index (χ2n) is 4.40. The highest BCUT2D eigenvalue weighted by molar-refractivity contribution is 5.29. The van der Waals surface area contributed by atoms with Crippen molar-refractivity contribution in [2.24, 2.45) is 12.8 Å². The van der Waals surface area contributed by atoms with Gasteiger partial charge in [-0.05, 0) is 24.1 Å². The van der Waals surface area contributed by atoms with Crippen LogP contribution in [-0.2, 0) is 19.9 Å². The highest BCUT2D eigenvalue weighted by Crippen LogP contribution is 2.14. The fourth-order valence-electron chi connectivity index (χ4n) is 1.93. The van der Waals surface area contributed by atoms with Gasteiger partial charge in [-0.3, -0.25) is 4.68 Å². The Bertz CT molecular complexity index is 509. The summed E-state index contributed by atoms with van der Waals surface area (Å²) < 4.78 is 6.88. The number of aromatic nitrogens is 3. The summed E-state index contributed by atoms with van der Waals surface area (Å²) in [6.07, 6.45) is 3.42. The number of hydrogen-bond donors (Lipinski definition) is 1. The van der Waals surface area contributed by atoms with Crippen LogP contribution in [0.2, 0.25) is 0 Å². The zero-order chi connectivity index (χ0) is 13.0. The fourth-order valence-corrected chi connectivity index (χ4v) is 1.93. The number of benzene rings is 1. The summed E-state index contributed by atoms with van der Waals surface area (Å²) in [7, 11) is 3.52. The van der Waals surface area contributed by atoms with Gasteiger partial charge in [0.1, 0.15) is 5.75 Å². The first-order chi connectivity index (χ1) is 8.67. The van der Waals surface area contributed by atoms with Crippen molar-refractivity contribution in [2.75, 3.05) is 7.11 Å². The highest BCUT2D eigenvalue weighted by atomic mass is 16.5. The number of rotatable bonds is 5. The molecule has 2 rings (SSSR count). The SMILES string of the molecule is COc1cccc(CC(N)Cc2cn(C)nn2)c1. The summed E-state index contributed by atoms with van der Waals surface area (Å²) in [6.45, 7) is 0. The Labute approximate surface area is 107 Å². The molecule has 1 aromatic carbocycles. The van der Waals surface area contributed by atoms with Gasteiger partial charge >= 0.3 is 0 Å². The third-order valence-corrected chi connectivity index (χ3v) is 2.75. The summed E-state index contributed by atoms with van der Waals surface area (Å²) in [5, 5.41) is 7.93. The Morgan fingerprint density at radius 1 is 1.39 bits per heavy atom. The van der Waals surface area contributed by atoms with Crippen LogP contribution in [0.4, 0.5) is 0 Å². The van der Waals surface area contributed by atoms with E-state index in [1.165, 1.54) is 5.56 Å².